The number of carbonyl (C=O) groups excluding carboxylic acids is 1. The summed E-state index contributed by atoms with van der Waals surface area (Å²) in [7, 11) is 0. The Balaban J connectivity index is 1.49. The first-order valence-corrected chi connectivity index (χ1v) is 10.7. The quantitative estimate of drug-likeness (QED) is 0.603. The van der Waals surface area contributed by atoms with Crippen molar-refractivity contribution in [2.24, 2.45) is 0 Å². The van der Waals surface area contributed by atoms with Crippen molar-refractivity contribution in [2.75, 3.05) is 13.1 Å². The molecule has 0 radical (unpaired) electrons. The Hall–Kier alpha value is -3.61. The predicted octanol–water partition coefficient (Wildman–Crippen LogP) is 4.34. The first-order valence-electron chi connectivity index (χ1n) is 10.7. The molecule has 1 fully saturated rings. The zero-order valence-corrected chi connectivity index (χ0v) is 18.2. The van der Waals surface area contributed by atoms with E-state index in [-0.39, 0.29) is 11.8 Å². The number of H-pyrrole nitrogens is 1. The van der Waals surface area contributed by atoms with E-state index in [0.717, 1.165) is 29.5 Å². The zero-order valence-electron chi connectivity index (χ0n) is 18.2. The van der Waals surface area contributed by atoms with Crippen LogP contribution in [0.5, 0.6) is 5.75 Å². The molecular weight excluding hydrogens is 406 g/mol. The fourth-order valence-electron chi connectivity index (χ4n) is 4.03. The first kappa shape index (κ1) is 21.6. The number of ether oxygens (including phenoxy) is 1. The highest BCUT2D eigenvalue weighted by molar-refractivity contribution is 5.95. The summed E-state index contributed by atoms with van der Waals surface area (Å²) in [4.78, 5) is 26.5. The summed E-state index contributed by atoms with van der Waals surface area (Å²) in [6.45, 7) is 4.38. The Bertz CT molecular complexity index is 1110. The van der Waals surface area contributed by atoms with Crippen molar-refractivity contribution >= 4 is 11.9 Å². The summed E-state index contributed by atoms with van der Waals surface area (Å²) in [6.07, 6.45) is 5.41. The van der Waals surface area contributed by atoms with Crippen LogP contribution in [0.25, 0.3) is 11.1 Å². The molecular formula is C25H27N3O4. The second-order valence-electron chi connectivity index (χ2n) is 8.65. The third kappa shape index (κ3) is 4.66. The highest BCUT2D eigenvalue weighted by Gasteiger charge is 2.30. The van der Waals surface area contributed by atoms with Gasteiger partial charge in [-0.2, -0.15) is 5.10 Å². The Labute approximate surface area is 187 Å². The van der Waals surface area contributed by atoms with E-state index in [1.165, 1.54) is 13.8 Å². The second-order valence-corrected chi connectivity index (χ2v) is 8.65. The van der Waals surface area contributed by atoms with Crippen LogP contribution in [-0.4, -0.2) is 50.8 Å². The van der Waals surface area contributed by atoms with Gasteiger partial charge in [0.1, 0.15) is 5.75 Å². The number of aliphatic carboxylic acids is 1. The number of carboxylic acids is 1. The van der Waals surface area contributed by atoms with Gasteiger partial charge in [-0.05, 0) is 62.1 Å². The van der Waals surface area contributed by atoms with Gasteiger partial charge in [0.25, 0.3) is 5.91 Å². The van der Waals surface area contributed by atoms with Crippen LogP contribution in [0.3, 0.4) is 0 Å². The van der Waals surface area contributed by atoms with Crippen LogP contribution in [0.15, 0.2) is 60.9 Å². The number of hydrogen-bond acceptors (Lipinski definition) is 4. The van der Waals surface area contributed by atoms with Crippen molar-refractivity contribution < 1.29 is 19.4 Å². The number of aromatic nitrogens is 2. The number of rotatable bonds is 6. The monoisotopic (exact) mass is 433 g/mol. The summed E-state index contributed by atoms with van der Waals surface area (Å²) < 4.78 is 5.70. The number of likely N-dealkylation sites (tertiary alicyclic amines) is 1. The standard InChI is InChI=1S/C25H27N3O4/c1-25(2,24(30)31)32-22-10-4-7-18(13-22)20-9-5-11-28(16-20)23(29)19-8-3-6-17(12-19)21-14-26-27-15-21/h3-4,6-8,10,12-15,20H,5,9,11,16H2,1-2H3,(H,26,27)(H,30,31). The van der Waals surface area contributed by atoms with Crippen LogP contribution < -0.4 is 4.74 Å². The maximum atomic E-state index is 13.2. The maximum Gasteiger partial charge on any atom is 0.347 e. The van der Waals surface area contributed by atoms with Crippen molar-refractivity contribution in [1.82, 2.24) is 15.1 Å². The third-order valence-electron chi connectivity index (χ3n) is 5.87. The molecule has 1 saturated heterocycles. The lowest BCUT2D eigenvalue weighted by molar-refractivity contribution is -0.152. The molecule has 2 heterocycles. The number of benzene rings is 2. The molecule has 1 aliphatic heterocycles. The molecule has 3 aromatic rings. The van der Waals surface area contributed by atoms with Gasteiger partial charge in [-0.1, -0.05) is 24.3 Å². The Morgan fingerprint density at radius 3 is 2.72 bits per heavy atom. The summed E-state index contributed by atoms with van der Waals surface area (Å²) in [5, 5.41) is 16.1. The smallest absolute Gasteiger partial charge is 0.347 e. The van der Waals surface area contributed by atoms with E-state index in [2.05, 4.69) is 10.2 Å². The number of aromatic amines is 1. The number of hydrogen-bond donors (Lipinski definition) is 2. The van der Waals surface area contributed by atoms with Gasteiger partial charge in [-0.3, -0.25) is 9.89 Å². The van der Waals surface area contributed by atoms with Crippen LogP contribution in [0.4, 0.5) is 0 Å². The third-order valence-corrected chi connectivity index (χ3v) is 5.87. The summed E-state index contributed by atoms with van der Waals surface area (Å²) in [6, 6.07) is 15.1. The highest BCUT2D eigenvalue weighted by Crippen LogP contribution is 2.31. The van der Waals surface area contributed by atoms with E-state index in [1.807, 2.05) is 47.4 Å². The van der Waals surface area contributed by atoms with E-state index >= 15 is 0 Å². The van der Waals surface area contributed by atoms with Crippen molar-refractivity contribution in [3.63, 3.8) is 0 Å². The second kappa shape index (κ2) is 8.86. The van der Waals surface area contributed by atoms with Crippen LogP contribution in [0.1, 0.15) is 48.5 Å². The predicted molar refractivity (Wildman–Crippen MR) is 121 cm³/mol. The molecule has 1 unspecified atom stereocenters. The van der Waals surface area contributed by atoms with Gasteiger partial charge in [0, 0.05) is 36.3 Å². The number of carboxylic acid groups (broad SMARTS) is 1. The van der Waals surface area contributed by atoms with E-state index in [9.17, 15) is 14.7 Å². The van der Waals surface area contributed by atoms with Gasteiger partial charge < -0.3 is 14.7 Å². The molecule has 32 heavy (non-hydrogen) atoms. The minimum Gasteiger partial charge on any atom is -0.478 e. The van der Waals surface area contributed by atoms with Gasteiger partial charge in [-0.25, -0.2) is 4.79 Å². The minimum absolute atomic E-state index is 0.0134. The molecule has 0 bridgehead atoms. The molecule has 1 amide bonds. The van der Waals surface area contributed by atoms with E-state index in [4.69, 9.17) is 4.74 Å². The van der Waals surface area contributed by atoms with Crippen molar-refractivity contribution in [3.8, 4) is 16.9 Å². The van der Waals surface area contributed by atoms with Gasteiger partial charge >= 0.3 is 5.97 Å². The number of nitrogens with zero attached hydrogens (tertiary/aromatic N) is 2. The van der Waals surface area contributed by atoms with Gasteiger partial charge in [0.15, 0.2) is 5.60 Å². The summed E-state index contributed by atoms with van der Waals surface area (Å²) in [5.41, 5.74) is 2.28. The number of amides is 1. The van der Waals surface area contributed by atoms with Crippen molar-refractivity contribution in [3.05, 3.63) is 72.1 Å². The lowest BCUT2D eigenvalue weighted by Crippen LogP contribution is -2.39. The summed E-state index contributed by atoms with van der Waals surface area (Å²) in [5.74, 6) is -0.318. The normalized spacial score (nSPS) is 16.6. The number of carbonyl (C=O) groups is 2. The fourth-order valence-corrected chi connectivity index (χ4v) is 4.03. The van der Waals surface area contributed by atoms with Gasteiger partial charge in [-0.15, -0.1) is 0 Å². The lowest BCUT2D eigenvalue weighted by atomic mass is 9.90. The van der Waals surface area contributed by atoms with Crippen LogP contribution >= 0.6 is 0 Å². The molecule has 166 valence electrons. The van der Waals surface area contributed by atoms with Gasteiger partial charge in [0.05, 0.1) is 6.20 Å². The number of piperidine rings is 1. The topological polar surface area (TPSA) is 95.5 Å². The Morgan fingerprint density at radius 1 is 1.16 bits per heavy atom. The average Bonchev–Trinajstić information content (AvgIpc) is 3.34. The van der Waals surface area contributed by atoms with Crippen molar-refractivity contribution in [1.29, 1.82) is 0 Å². The van der Waals surface area contributed by atoms with Crippen LogP contribution in [0.2, 0.25) is 0 Å². The van der Waals surface area contributed by atoms with E-state index < -0.39 is 11.6 Å². The zero-order chi connectivity index (χ0) is 22.7. The molecule has 4 rings (SSSR count). The maximum absolute atomic E-state index is 13.2. The molecule has 7 nitrogen and oxygen atoms in total. The average molecular weight is 434 g/mol. The molecule has 2 N–H and O–H groups in total. The molecule has 1 aliphatic rings. The van der Waals surface area contributed by atoms with Crippen LogP contribution in [-0.2, 0) is 4.79 Å². The fraction of sp³-hybridized carbons (Fsp3) is 0.320. The molecule has 1 aromatic heterocycles. The number of nitrogens with one attached hydrogen (secondary N) is 1. The van der Waals surface area contributed by atoms with Crippen LogP contribution in [0, 0.1) is 0 Å². The largest absolute Gasteiger partial charge is 0.478 e. The molecule has 2 aromatic carbocycles. The molecule has 7 heteroatoms. The van der Waals surface area contributed by atoms with E-state index in [1.54, 1.807) is 18.5 Å². The molecule has 1 atom stereocenters. The van der Waals surface area contributed by atoms with Crippen molar-refractivity contribution in [2.45, 2.75) is 38.2 Å². The molecule has 0 aliphatic carbocycles. The minimum atomic E-state index is -1.31. The lowest BCUT2D eigenvalue weighted by Gasteiger charge is -2.33. The van der Waals surface area contributed by atoms with Gasteiger partial charge in [0.2, 0.25) is 0 Å². The molecule has 0 saturated carbocycles. The highest BCUT2D eigenvalue weighted by atomic mass is 16.5. The SMILES string of the molecule is CC(C)(Oc1cccc(C2CCCN(C(=O)c3cccc(-c4cn[nH]c4)c3)C2)c1)C(=O)O. The molecule has 0 spiro atoms. The Kier molecular flexibility index (Phi) is 5.99. The Morgan fingerprint density at radius 2 is 1.97 bits per heavy atom. The van der Waals surface area contributed by atoms with E-state index in [0.29, 0.717) is 24.4 Å². The first-order chi connectivity index (χ1) is 15.3. The summed E-state index contributed by atoms with van der Waals surface area (Å²) >= 11 is 0.